The molecule has 9 nitrogen and oxygen atoms in total. The van der Waals surface area contributed by atoms with Crippen LogP contribution >= 0.6 is 0 Å². The third-order valence-electron chi connectivity index (χ3n) is 4.78. The zero-order valence-corrected chi connectivity index (χ0v) is 17.2. The van der Waals surface area contributed by atoms with Crippen molar-refractivity contribution >= 4 is 22.7 Å². The first-order valence-electron chi connectivity index (χ1n) is 9.44. The molecular weight excluding hydrogens is 400 g/mol. The Bertz CT molecular complexity index is 1310. The maximum atomic E-state index is 13.0. The van der Waals surface area contributed by atoms with Gasteiger partial charge in [-0.2, -0.15) is 0 Å². The highest BCUT2D eigenvalue weighted by atomic mass is 16.5. The summed E-state index contributed by atoms with van der Waals surface area (Å²) >= 11 is 0. The highest BCUT2D eigenvalue weighted by Gasteiger charge is 2.18. The van der Waals surface area contributed by atoms with Gasteiger partial charge in [0.15, 0.2) is 0 Å². The second kappa shape index (κ2) is 8.31. The van der Waals surface area contributed by atoms with Crippen molar-refractivity contribution in [2.45, 2.75) is 13.5 Å². The van der Waals surface area contributed by atoms with Gasteiger partial charge in [0.1, 0.15) is 35.5 Å². The molecule has 0 aliphatic carbocycles. The zero-order valence-electron chi connectivity index (χ0n) is 17.2. The van der Waals surface area contributed by atoms with Crippen molar-refractivity contribution in [2.75, 3.05) is 19.5 Å². The van der Waals surface area contributed by atoms with Crippen LogP contribution in [-0.4, -0.2) is 34.8 Å². The number of methoxy groups -OCH3 is 2. The normalized spacial score (nSPS) is 10.8. The van der Waals surface area contributed by atoms with Gasteiger partial charge in [-0.15, -0.1) is 0 Å². The van der Waals surface area contributed by atoms with Crippen LogP contribution in [0.4, 0.5) is 5.69 Å². The quantitative estimate of drug-likeness (QED) is 0.511. The van der Waals surface area contributed by atoms with Gasteiger partial charge in [0.05, 0.1) is 19.9 Å². The van der Waals surface area contributed by atoms with E-state index < -0.39 is 11.5 Å². The Morgan fingerprint density at radius 2 is 1.90 bits per heavy atom. The number of ether oxygens (including phenoxy) is 2. The van der Waals surface area contributed by atoms with Crippen LogP contribution in [0.2, 0.25) is 0 Å². The van der Waals surface area contributed by atoms with Gasteiger partial charge < -0.3 is 19.3 Å². The number of benzene rings is 2. The van der Waals surface area contributed by atoms with E-state index in [4.69, 9.17) is 14.0 Å². The molecule has 0 spiro atoms. The molecule has 4 rings (SSSR count). The molecule has 0 radical (unpaired) electrons. The largest absolute Gasteiger partial charge is 0.497 e. The summed E-state index contributed by atoms with van der Waals surface area (Å²) in [6.07, 6.45) is 1.26. The van der Waals surface area contributed by atoms with Gasteiger partial charge in [-0.05, 0) is 19.1 Å². The summed E-state index contributed by atoms with van der Waals surface area (Å²) < 4.78 is 16.9. The number of nitrogens with zero attached hydrogens (tertiary/aromatic N) is 3. The van der Waals surface area contributed by atoms with Crippen molar-refractivity contribution in [1.29, 1.82) is 0 Å². The fourth-order valence-corrected chi connectivity index (χ4v) is 3.15. The second-order valence-corrected chi connectivity index (χ2v) is 6.87. The fourth-order valence-electron chi connectivity index (χ4n) is 3.15. The number of anilines is 1. The average molecular weight is 420 g/mol. The van der Waals surface area contributed by atoms with E-state index in [1.165, 1.54) is 25.1 Å². The molecule has 0 unspecified atom stereocenters. The number of fused-ring (bicyclic) bond motifs is 1. The average Bonchev–Trinajstić information content (AvgIpc) is 3.21. The zero-order chi connectivity index (χ0) is 22.0. The lowest BCUT2D eigenvalue weighted by molar-refractivity contribution is -0.116. The van der Waals surface area contributed by atoms with Crippen molar-refractivity contribution in [3.05, 3.63) is 64.7 Å². The Morgan fingerprint density at radius 1 is 1.13 bits per heavy atom. The minimum Gasteiger partial charge on any atom is -0.497 e. The van der Waals surface area contributed by atoms with E-state index >= 15 is 0 Å². The Kier molecular flexibility index (Phi) is 5.40. The monoisotopic (exact) mass is 420 g/mol. The minimum atomic E-state index is -0.418. The summed E-state index contributed by atoms with van der Waals surface area (Å²) in [4.78, 5) is 29.8. The number of nitrogens with one attached hydrogen (secondary N) is 1. The number of carbonyl (C=O) groups excluding carboxylic acids is 1. The van der Waals surface area contributed by atoms with E-state index in [9.17, 15) is 9.59 Å². The molecule has 2 aromatic heterocycles. The molecule has 1 amide bonds. The van der Waals surface area contributed by atoms with Crippen LogP contribution in [0.15, 0.2) is 58.1 Å². The van der Waals surface area contributed by atoms with Gasteiger partial charge in [0.2, 0.25) is 5.91 Å². The maximum absolute atomic E-state index is 13.0. The molecule has 0 atom stereocenters. The smallest absolute Gasteiger partial charge is 0.267 e. The number of rotatable bonds is 6. The third-order valence-corrected chi connectivity index (χ3v) is 4.78. The topological polar surface area (TPSA) is 108 Å². The summed E-state index contributed by atoms with van der Waals surface area (Å²) in [7, 11) is 3.03. The number of aryl methyl sites for hydroxylation is 1. The molecule has 0 saturated heterocycles. The summed E-state index contributed by atoms with van der Waals surface area (Å²) in [6, 6.07) is 12.6. The van der Waals surface area contributed by atoms with E-state index in [1.54, 1.807) is 18.2 Å². The third kappa shape index (κ3) is 3.97. The molecule has 9 heteroatoms. The Balaban J connectivity index is 1.62. The molecule has 158 valence electrons. The predicted octanol–water partition coefficient (Wildman–Crippen LogP) is 3.02. The first-order chi connectivity index (χ1) is 15.0. The van der Waals surface area contributed by atoms with Gasteiger partial charge in [-0.1, -0.05) is 35.0 Å². The van der Waals surface area contributed by atoms with E-state index in [-0.39, 0.29) is 17.6 Å². The fraction of sp³-hybridized carbons (Fsp3) is 0.182. The van der Waals surface area contributed by atoms with Crippen LogP contribution in [0.3, 0.4) is 0 Å². The highest BCUT2D eigenvalue weighted by molar-refractivity contribution is 5.93. The number of carbonyl (C=O) groups is 1. The first kappa shape index (κ1) is 20.1. The molecule has 0 bridgehead atoms. The van der Waals surface area contributed by atoms with Crippen LogP contribution in [0.5, 0.6) is 11.5 Å². The van der Waals surface area contributed by atoms with Crippen molar-refractivity contribution in [3.63, 3.8) is 0 Å². The molecule has 0 saturated carbocycles. The van der Waals surface area contributed by atoms with Crippen molar-refractivity contribution in [1.82, 2.24) is 14.7 Å². The Morgan fingerprint density at radius 3 is 2.61 bits per heavy atom. The standard InChI is InChI=1S/C22H20N4O5/c1-13-4-6-14(7-5-13)20-19-21(31-25-20)23-12-26(22(19)28)11-18(27)24-16-9-8-15(29-2)10-17(16)30-3/h4-10,12H,11H2,1-3H3,(H,24,27). The van der Waals surface area contributed by atoms with Gasteiger partial charge in [-0.3, -0.25) is 14.2 Å². The summed E-state index contributed by atoms with van der Waals surface area (Å²) in [5.74, 6) is 0.617. The van der Waals surface area contributed by atoms with Gasteiger partial charge in [-0.25, -0.2) is 4.98 Å². The Labute approximate surface area is 177 Å². The molecular formula is C22H20N4O5. The van der Waals surface area contributed by atoms with Crippen LogP contribution < -0.4 is 20.3 Å². The van der Waals surface area contributed by atoms with Crippen molar-refractivity contribution in [3.8, 4) is 22.8 Å². The van der Waals surface area contributed by atoms with Crippen LogP contribution in [0, 0.1) is 6.92 Å². The molecule has 0 fully saturated rings. The van der Waals surface area contributed by atoms with E-state index in [0.29, 0.717) is 22.9 Å². The number of amides is 1. The highest BCUT2D eigenvalue weighted by Crippen LogP contribution is 2.29. The lowest BCUT2D eigenvalue weighted by Gasteiger charge is -2.12. The Hall–Kier alpha value is -4.14. The molecule has 0 aliphatic rings. The van der Waals surface area contributed by atoms with Crippen LogP contribution in [0.25, 0.3) is 22.4 Å². The molecule has 0 aliphatic heterocycles. The number of hydrogen-bond acceptors (Lipinski definition) is 7. The molecule has 2 aromatic carbocycles. The van der Waals surface area contributed by atoms with Crippen molar-refractivity contribution in [2.24, 2.45) is 0 Å². The second-order valence-electron chi connectivity index (χ2n) is 6.87. The van der Waals surface area contributed by atoms with Gasteiger partial charge >= 0.3 is 0 Å². The van der Waals surface area contributed by atoms with Gasteiger partial charge in [0.25, 0.3) is 11.3 Å². The van der Waals surface area contributed by atoms with Crippen molar-refractivity contribution < 1.29 is 18.8 Å². The van der Waals surface area contributed by atoms with Crippen LogP contribution in [-0.2, 0) is 11.3 Å². The molecule has 4 aromatic rings. The summed E-state index contributed by atoms with van der Waals surface area (Å²) in [5.41, 5.74) is 2.36. The lowest BCUT2D eigenvalue weighted by atomic mass is 10.1. The molecule has 31 heavy (non-hydrogen) atoms. The minimum absolute atomic E-state index is 0.119. The van der Waals surface area contributed by atoms with E-state index in [0.717, 1.165) is 11.1 Å². The van der Waals surface area contributed by atoms with E-state index in [2.05, 4.69) is 15.5 Å². The molecule has 2 heterocycles. The van der Waals surface area contributed by atoms with Crippen LogP contribution in [0.1, 0.15) is 5.56 Å². The summed E-state index contributed by atoms with van der Waals surface area (Å²) in [5, 5.41) is 6.96. The summed E-state index contributed by atoms with van der Waals surface area (Å²) in [6.45, 7) is 1.73. The molecule has 1 N–H and O–H groups in total. The maximum Gasteiger partial charge on any atom is 0.267 e. The van der Waals surface area contributed by atoms with Gasteiger partial charge in [0, 0.05) is 11.6 Å². The van der Waals surface area contributed by atoms with E-state index in [1.807, 2.05) is 31.2 Å². The SMILES string of the molecule is COc1ccc(NC(=O)Cn2cnc3onc(-c4ccc(C)cc4)c3c2=O)c(OC)c1. The number of aromatic nitrogens is 3. The predicted molar refractivity (Wildman–Crippen MR) is 114 cm³/mol. The number of hydrogen-bond donors (Lipinski definition) is 1. The first-order valence-corrected chi connectivity index (χ1v) is 9.44. The lowest BCUT2D eigenvalue weighted by Crippen LogP contribution is -2.28.